The van der Waals surface area contributed by atoms with Gasteiger partial charge in [0, 0.05) is 10.9 Å². The van der Waals surface area contributed by atoms with Crippen molar-refractivity contribution in [2.75, 3.05) is 6.61 Å². The second kappa shape index (κ2) is 4.60. The molecule has 0 saturated carbocycles. The quantitative estimate of drug-likeness (QED) is 0.824. The third kappa shape index (κ3) is 2.59. The molecule has 66 valence electrons. The van der Waals surface area contributed by atoms with Crippen LogP contribution < -0.4 is 0 Å². The summed E-state index contributed by atoms with van der Waals surface area (Å²) < 4.78 is 0.970. The van der Waals surface area contributed by atoms with Gasteiger partial charge in [-0.3, -0.25) is 0 Å². The molecule has 0 aliphatic carbocycles. The Labute approximate surface area is 80.0 Å². The minimum Gasteiger partial charge on any atom is -0.394 e. The summed E-state index contributed by atoms with van der Waals surface area (Å²) in [6.45, 7) is -0.193. The molecule has 0 fully saturated rings. The molecular weight excluding hydrogens is 220 g/mol. The van der Waals surface area contributed by atoms with E-state index in [1.165, 1.54) is 0 Å². The summed E-state index contributed by atoms with van der Waals surface area (Å²) >= 11 is 3.36. The fourth-order valence-electron chi connectivity index (χ4n) is 0.982. The van der Waals surface area contributed by atoms with Gasteiger partial charge in [-0.05, 0) is 11.6 Å². The average molecular weight is 231 g/mol. The van der Waals surface area contributed by atoms with E-state index in [0.717, 1.165) is 10.0 Å². The molecule has 2 N–H and O–H groups in total. The zero-order valence-electron chi connectivity index (χ0n) is 6.57. The molecule has 0 aliphatic heterocycles. The topological polar surface area (TPSA) is 40.5 Å². The number of benzene rings is 1. The van der Waals surface area contributed by atoms with Crippen LogP contribution in [0.3, 0.4) is 0 Å². The van der Waals surface area contributed by atoms with Crippen LogP contribution in [0.4, 0.5) is 0 Å². The van der Waals surface area contributed by atoms with Crippen molar-refractivity contribution >= 4 is 15.9 Å². The monoisotopic (exact) mass is 230 g/mol. The van der Waals surface area contributed by atoms with Gasteiger partial charge in [-0.1, -0.05) is 34.1 Å². The molecule has 0 bridgehead atoms. The lowest BCUT2D eigenvalue weighted by Gasteiger charge is -2.07. The van der Waals surface area contributed by atoms with E-state index in [1.54, 1.807) is 0 Å². The van der Waals surface area contributed by atoms with Gasteiger partial charge in [-0.15, -0.1) is 0 Å². The van der Waals surface area contributed by atoms with Crippen LogP contribution in [0.1, 0.15) is 5.56 Å². The molecule has 12 heavy (non-hydrogen) atoms. The average Bonchev–Trinajstić information content (AvgIpc) is 2.09. The Balaban J connectivity index is 2.69. The molecule has 3 heteroatoms. The summed E-state index contributed by atoms with van der Waals surface area (Å²) in [6.07, 6.45) is -0.179. The number of rotatable bonds is 3. The number of aliphatic hydroxyl groups is 2. The highest BCUT2D eigenvalue weighted by Crippen LogP contribution is 2.17. The molecule has 0 aliphatic rings. The Morgan fingerprint density at radius 1 is 1.33 bits per heavy atom. The van der Waals surface area contributed by atoms with Gasteiger partial charge in [0.25, 0.3) is 0 Å². The van der Waals surface area contributed by atoms with Crippen molar-refractivity contribution in [2.24, 2.45) is 0 Å². The summed E-state index contributed by atoms with van der Waals surface area (Å²) in [5.74, 6) is 0. The molecule has 2 nitrogen and oxygen atoms in total. The zero-order chi connectivity index (χ0) is 8.97. The first-order valence-corrected chi connectivity index (χ1v) is 4.55. The molecule has 0 amide bonds. The highest BCUT2D eigenvalue weighted by molar-refractivity contribution is 9.10. The summed E-state index contributed by atoms with van der Waals surface area (Å²) in [4.78, 5) is 0. The lowest BCUT2D eigenvalue weighted by molar-refractivity contribution is 0.0954. The molecule has 1 atom stereocenters. The van der Waals surface area contributed by atoms with Gasteiger partial charge in [0.1, 0.15) is 0 Å². The fourth-order valence-corrected chi connectivity index (χ4v) is 1.43. The maximum Gasteiger partial charge on any atom is 0.0811 e. The highest BCUT2D eigenvalue weighted by atomic mass is 79.9. The minimum atomic E-state index is -0.663. The van der Waals surface area contributed by atoms with Crippen molar-refractivity contribution in [1.82, 2.24) is 0 Å². The maximum atomic E-state index is 9.16. The molecule has 0 radical (unpaired) electrons. The number of hydrogen-bond donors (Lipinski definition) is 2. The third-order valence-electron chi connectivity index (χ3n) is 1.62. The molecule has 0 heterocycles. The summed E-state index contributed by atoms with van der Waals surface area (Å²) in [6, 6.07) is 7.66. The van der Waals surface area contributed by atoms with Crippen molar-refractivity contribution in [3.63, 3.8) is 0 Å². The van der Waals surface area contributed by atoms with Gasteiger partial charge in [0.15, 0.2) is 0 Å². The van der Waals surface area contributed by atoms with E-state index in [2.05, 4.69) is 15.9 Å². The van der Waals surface area contributed by atoms with Crippen LogP contribution in [0.5, 0.6) is 0 Å². The lowest BCUT2D eigenvalue weighted by atomic mass is 10.1. The molecule has 1 unspecified atom stereocenters. The van der Waals surface area contributed by atoms with Gasteiger partial charge < -0.3 is 10.2 Å². The molecule has 0 spiro atoms. The highest BCUT2D eigenvalue weighted by Gasteiger charge is 2.05. The molecule has 0 saturated heterocycles. The first-order valence-electron chi connectivity index (χ1n) is 3.76. The largest absolute Gasteiger partial charge is 0.394 e. The van der Waals surface area contributed by atoms with E-state index in [4.69, 9.17) is 10.2 Å². The van der Waals surface area contributed by atoms with Crippen LogP contribution in [0.2, 0.25) is 0 Å². The smallest absolute Gasteiger partial charge is 0.0811 e. The molecule has 1 aromatic carbocycles. The Hall–Kier alpha value is -0.380. The third-order valence-corrected chi connectivity index (χ3v) is 2.40. The minimum absolute atomic E-state index is 0.193. The van der Waals surface area contributed by atoms with Crippen LogP contribution in [0.15, 0.2) is 28.7 Å². The van der Waals surface area contributed by atoms with Gasteiger partial charge in [0.2, 0.25) is 0 Å². The van der Waals surface area contributed by atoms with Gasteiger partial charge in [0.05, 0.1) is 12.7 Å². The molecular formula is C9H11BrO2. The first-order chi connectivity index (χ1) is 5.74. The summed E-state index contributed by atoms with van der Waals surface area (Å²) in [7, 11) is 0. The van der Waals surface area contributed by atoms with E-state index < -0.39 is 6.10 Å². The van der Waals surface area contributed by atoms with Crippen molar-refractivity contribution in [3.05, 3.63) is 34.3 Å². The van der Waals surface area contributed by atoms with Gasteiger partial charge in [-0.2, -0.15) is 0 Å². The first kappa shape index (κ1) is 9.71. The van der Waals surface area contributed by atoms with E-state index >= 15 is 0 Å². The Morgan fingerprint density at radius 3 is 2.58 bits per heavy atom. The van der Waals surface area contributed by atoms with Crippen LogP contribution in [-0.2, 0) is 6.42 Å². The van der Waals surface area contributed by atoms with Gasteiger partial charge >= 0.3 is 0 Å². The lowest BCUT2D eigenvalue weighted by Crippen LogP contribution is -2.15. The van der Waals surface area contributed by atoms with Crippen molar-refractivity contribution in [1.29, 1.82) is 0 Å². The normalized spacial score (nSPS) is 12.9. The Morgan fingerprint density at radius 2 is 2.00 bits per heavy atom. The van der Waals surface area contributed by atoms with Crippen molar-refractivity contribution in [2.45, 2.75) is 12.5 Å². The second-order valence-electron chi connectivity index (χ2n) is 2.63. The predicted octanol–water partition coefficient (Wildman–Crippen LogP) is 1.34. The number of halogens is 1. The Bertz CT molecular complexity index is 250. The van der Waals surface area contributed by atoms with Crippen LogP contribution in [-0.4, -0.2) is 22.9 Å². The van der Waals surface area contributed by atoms with Crippen molar-refractivity contribution < 1.29 is 10.2 Å². The number of aliphatic hydroxyl groups excluding tert-OH is 2. The van der Waals surface area contributed by atoms with E-state index in [1.807, 2.05) is 24.3 Å². The molecule has 0 aromatic heterocycles. The number of hydrogen-bond acceptors (Lipinski definition) is 2. The van der Waals surface area contributed by atoms with Crippen LogP contribution >= 0.6 is 15.9 Å². The summed E-state index contributed by atoms with van der Waals surface area (Å²) in [5.41, 5.74) is 1.01. The SMILES string of the molecule is OCC(O)Cc1ccccc1Br. The zero-order valence-corrected chi connectivity index (χ0v) is 8.16. The van der Waals surface area contributed by atoms with E-state index in [9.17, 15) is 0 Å². The van der Waals surface area contributed by atoms with Gasteiger partial charge in [-0.25, -0.2) is 0 Å². The predicted molar refractivity (Wildman–Crippen MR) is 50.9 cm³/mol. The fraction of sp³-hybridized carbons (Fsp3) is 0.333. The Kier molecular flexibility index (Phi) is 3.72. The molecule has 1 rings (SSSR count). The van der Waals surface area contributed by atoms with Crippen LogP contribution in [0, 0.1) is 0 Å². The maximum absolute atomic E-state index is 9.16. The van der Waals surface area contributed by atoms with Crippen LogP contribution in [0.25, 0.3) is 0 Å². The standard InChI is InChI=1S/C9H11BrO2/c10-9-4-2-1-3-7(9)5-8(12)6-11/h1-4,8,11-12H,5-6H2. The van der Waals surface area contributed by atoms with Crippen molar-refractivity contribution in [3.8, 4) is 0 Å². The van der Waals surface area contributed by atoms with E-state index in [-0.39, 0.29) is 6.61 Å². The molecule has 1 aromatic rings. The van der Waals surface area contributed by atoms with E-state index in [0.29, 0.717) is 6.42 Å². The second-order valence-corrected chi connectivity index (χ2v) is 3.49. The summed E-state index contributed by atoms with van der Waals surface area (Å²) in [5, 5.41) is 17.8.